The minimum absolute atomic E-state index is 0.0943. The van der Waals surface area contributed by atoms with Crippen LogP contribution in [0, 0.1) is 0 Å². The summed E-state index contributed by atoms with van der Waals surface area (Å²) in [6.45, 7) is 0. The van der Waals surface area contributed by atoms with Crippen LogP contribution >= 0.6 is 39.3 Å². The molecule has 0 fully saturated rings. The molecule has 0 aliphatic rings. The lowest BCUT2D eigenvalue weighted by Crippen LogP contribution is -2.02. The average Bonchev–Trinajstić information content (AvgIpc) is 2.17. The molecule has 1 rings (SSSR count). The molecule has 0 N–H and O–H groups in total. The van der Waals surface area contributed by atoms with Gasteiger partial charge in [0.15, 0.2) is 5.78 Å². The highest BCUT2D eigenvalue weighted by Gasteiger charge is 2.13. The van der Waals surface area contributed by atoms with Crippen LogP contribution in [-0.4, -0.2) is 17.9 Å². The summed E-state index contributed by atoms with van der Waals surface area (Å²) < 4.78 is 0.847. The number of ketones is 1. The Morgan fingerprint density at radius 1 is 1.57 bits per heavy atom. The topological polar surface area (TPSA) is 17.1 Å². The monoisotopic (exact) mass is 292 g/mol. The molecule has 1 aromatic carbocycles. The predicted octanol–water partition coefficient (Wildman–Crippen LogP) is 3.98. The molecule has 4 heteroatoms. The van der Waals surface area contributed by atoms with Crippen LogP contribution in [-0.2, 0) is 0 Å². The molecule has 1 aromatic rings. The number of alkyl halides is 1. The van der Waals surface area contributed by atoms with Gasteiger partial charge in [-0.05, 0) is 18.4 Å². The molecule has 0 aromatic heterocycles. The first-order valence-electron chi connectivity index (χ1n) is 4.12. The first-order valence-corrected chi connectivity index (χ1v) is 6.67. The van der Waals surface area contributed by atoms with Gasteiger partial charge in [-0.25, -0.2) is 0 Å². The van der Waals surface area contributed by atoms with Crippen LogP contribution in [0.1, 0.15) is 16.8 Å². The summed E-state index contributed by atoms with van der Waals surface area (Å²) in [5.41, 5.74) is 0.751. The summed E-state index contributed by atoms with van der Waals surface area (Å²) in [6, 6.07) is 5.74. The summed E-state index contributed by atoms with van der Waals surface area (Å²) in [5, 5.41) is 0. The molecule has 1 nitrogen and oxygen atoms in total. The molecule has 0 radical (unpaired) electrons. The Balaban J connectivity index is 3.10. The van der Waals surface area contributed by atoms with E-state index in [9.17, 15) is 4.79 Å². The van der Waals surface area contributed by atoms with Crippen LogP contribution in [0.3, 0.4) is 0 Å². The summed E-state index contributed by atoms with van der Waals surface area (Å²) in [6.07, 6.45) is 2.34. The van der Waals surface area contributed by atoms with E-state index in [4.69, 9.17) is 11.6 Å². The second kappa shape index (κ2) is 5.79. The van der Waals surface area contributed by atoms with E-state index in [-0.39, 0.29) is 5.78 Å². The van der Waals surface area contributed by atoms with Crippen molar-refractivity contribution in [3.63, 3.8) is 0 Å². The van der Waals surface area contributed by atoms with Gasteiger partial charge in [-0.2, -0.15) is 0 Å². The Bertz CT molecular complexity index is 341. The fourth-order valence-corrected chi connectivity index (χ4v) is 2.69. The number of halogens is 2. The van der Waals surface area contributed by atoms with Crippen LogP contribution in [0.25, 0.3) is 0 Å². The lowest BCUT2D eigenvalue weighted by Gasteiger charge is -2.07. The molecule has 0 heterocycles. The van der Waals surface area contributed by atoms with Gasteiger partial charge < -0.3 is 0 Å². The molecular formula is C10H10BrClOS. The van der Waals surface area contributed by atoms with Gasteiger partial charge in [0.1, 0.15) is 0 Å². The number of hydrogen-bond acceptors (Lipinski definition) is 2. The molecule has 0 aliphatic heterocycles. The maximum absolute atomic E-state index is 11.7. The van der Waals surface area contributed by atoms with Crippen LogP contribution in [0.4, 0.5) is 0 Å². The maximum Gasteiger partial charge on any atom is 0.166 e. The number of rotatable bonds is 4. The van der Waals surface area contributed by atoms with E-state index >= 15 is 0 Å². The van der Waals surface area contributed by atoms with Crippen molar-refractivity contribution >= 4 is 45.1 Å². The highest BCUT2D eigenvalue weighted by atomic mass is 79.9. The number of carbonyl (C=O) groups excluding carboxylic acids is 1. The SMILES string of the molecule is CSc1cccc(Br)c1C(=O)CCCl. The molecular weight excluding hydrogens is 284 g/mol. The largest absolute Gasteiger partial charge is 0.294 e. The van der Waals surface area contributed by atoms with Crippen molar-refractivity contribution in [2.45, 2.75) is 11.3 Å². The van der Waals surface area contributed by atoms with Gasteiger partial charge in [0.25, 0.3) is 0 Å². The summed E-state index contributed by atoms with van der Waals surface area (Å²) in [5.74, 6) is 0.463. The molecule has 0 bridgehead atoms. The number of benzene rings is 1. The van der Waals surface area contributed by atoms with E-state index < -0.39 is 0 Å². The number of thioether (sulfide) groups is 1. The van der Waals surface area contributed by atoms with Crippen molar-refractivity contribution in [1.29, 1.82) is 0 Å². The van der Waals surface area contributed by atoms with Crippen molar-refractivity contribution < 1.29 is 4.79 Å². The Kier molecular flexibility index (Phi) is 4.99. The van der Waals surface area contributed by atoms with Gasteiger partial charge >= 0.3 is 0 Å². The molecule has 0 saturated heterocycles. The lowest BCUT2D eigenvalue weighted by atomic mass is 10.1. The zero-order valence-corrected chi connectivity index (χ0v) is 10.9. The van der Waals surface area contributed by atoms with Crippen molar-refractivity contribution in [3.05, 3.63) is 28.2 Å². The highest BCUT2D eigenvalue weighted by molar-refractivity contribution is 9.10. The van der Waals surface area contributed by atoms with Crippen LogP contribution in [0.5, 0.6) is 0 Å². The second-order valence-corrected chi connectivity index (χ2v) is 4.76. The van der Waals surface area contributed by atoms with Gasteiger partial charge in [-0.15, -0.1) is 23.4 Å². The predicted molar refractivity (Wildman–Crippen MR) is 65.6 cm³/mol. The van der Waals surface area contributed by atoms with Crippen molar-refractivity contribution in [3.8, 4) is 0 Å². The Hall–Kier alpha value is 0.01000. The van der Waals surface area contributed by atoms with Crippen molar-refractivity contribution in [2.75, 3.05) is 12.1 Å². The third-order valence-electron chi connectivity index (χ3n) is 1.80. The number of Topliss-reactive ketones (excluding diaryl/α,β-unsaturated/α-hetero) is 1. The quantitative estimate of drug-likeness (QED) is 0.474. The van der Waals surface area contributed by atoms with Crippen molar-refractivity contribution in [1.82, 2.24) is 0 Å². The first-order chi connectivity index (χ1) is 6.70. The van der Waals surface area contributed by atoms with E-state index in [0.29, 0.717) is 12.3 Å². The highest BCUT2D eigenvalue weighted by Crippen LogP contribution is 2.28. The second-order valence-electron chi connectivity index (χ2n) is 2.68. The summed E-state index contributed by atoms with van der Waals surface area (Å²) >= 11 is 10.5. The van der Waals surface area contributed by atoms with E-state index in [2.05, 4.69) is 15.9 Å². The van der Waals surface area contributed by atoms with Crippen molar-refractivity contribution in [2.24, 2.45) is 0 Å². The van der Waals surface area contributed by atoms with Crippen LogP contribution in [0.2, 0.25) is 0 Å². The minimum Gasteiger partial charge on any atom is -0.294 e. The molecule has 76 valence electrons. The first kappa shape index (κ1) is 12.1. The number of carbonyl (C=O) groups is 1. The molecule has 0 spiro atoms. The fourth-order valence-electron chi connectivity index (χ4n) is 1.16. The smallest absolute Gasteiger partial charge is 0.166 e. The molecule has 0 aliphatic carbocycles. The Labute approximate surface area is 101 Å². The Morgan fingerprint density at radius 2 is 2.29 bits per heavy atom. The van der Waals surface area contributed by atoms with E-state index in [1.165, 1.54) is 0 Å². The van der Waals surface area contributed by atoms with Crippen LogP contribution < -0.4 is 0 Å². The number of hydrogen-bond donors (Lipinski definition) is 0. The molecule has 0 unspecified atom stereocenters. The standard InChI is InChI=1S/C10H10BrClOS/c1-14-9-4-2-3-7(11)10(9)8(13)5-6-12/h2-4H,5-6H2,1H3. The molecule has 14 heavy (non-hydrogen) atoms. The lowest BCUT2D eigenvalue weighted by molar-refractivity contribution is 0.0985. The zero-order valence-electron chi connectivity index (χ0n) is 7.72. The van der Waals surface area contributed by atoms with E-state index in [1.54, 1.807) is 11.8 Å². The summed E-state index contributed by atoms with van der Waals surface area (Å²) in [7, 11) is 0. The third kappa shape index (κ3) is 2.75. The average molecular weight is 294 g/mol. The van der Waals surface area contributed by atoms with Gasteiger partial charge in [0.05, 0.1) is 0 Å². The molecule has 0 amide bonds. The van der Waals surface area contributed by atoms with E-state index in [0.717, 1.165) is 14.9 Å². The van der Waals surface area contributed by atoms with Gasteiger partial charge in [0.2, 0.25) is 0 Å². The third-order valence-corrected chi connectivity index (χ3v) is 3.43. The van der Waals surface area contributed by atoms with Crippen LogP contribution in [0.15, 0.2) is 27.6 Å². The normalized spacial score (nSPS) is 10.2. The molecule has 0 atom stereocenters. The van der Waals surface area contributed by atoms with Gasteiger partial charge in [0, 0.05) is 27.2 Å². The summed E-state index contributed by atoms with van der Waals surface area (Å²) in [4.78, 5) is 12.7. The molecule has 0 saturated carbocycles. The maximum atomic E-state index is 11.7. The van der Waals surface area contributed by atoms with Gasteiger partial charge in [-0.3, -0.25) is 4.79 Å². The van der Waals surface area contributed by atoms with Gasteiger partial charge in [-0.1, -0.05) is 22.0 Å². The van der Waals surface area contributed by atoms with E-state index in [1.807, 2.05) is 24.5 Å². The minimum atomic E-state index is 0.0943. The zero-order chi connectivity index (χ0) is 10.6. The Morgan fingerprint density at radius 3 is 2.86 bits per heavy atom. The fraction of sp³-hybridized carbons (Fsp3) is 0.300.